The Labute approximate surface area is 158 Å². The van der Waals surface area contributed by atoms with Gasteiger partial charge in [0.25, 0.3) is 0 Å². The summed E-state index contributed by atoms with van der Waals surface area (Å²) in [5.74, 6) is -0.861. The van der Waals surface area contributed by atoms with Crippen molar-refractivity contribution in [2.45, 2.75) is 51.4 Å². The number of thiophene rings is 1. The molecular weight excluding hydrogens is 340 g/mol. The summed E-state index contributed by atoms with van der Waals surface area (Å²) in [6, 6.07) is 14.8. The average Bonchev–Trinajstić information content (AvgIpc) is 3.08. The zero-order valence-electron chi connectivity index (χ0n) is 15.7. The lowest BCUT2D eigenvalue weighted by molar-refractivity contribution is 0.0702. The molecule has 0 aliphatic heterocycles. The van der Waals surface area contributed by atoms with E-state index in [1.807, 2.05) is 6.07 Å². The van der Waals surface area contributed by atoms with Gasteiger partial charge in [-0.1, -0.05) is 52.0 Å². The molecule has 0 radical (unpaired) electrons. The fourth-order valence-corrected chi connectivity index (χ4v) is 4.91. The predicted octanol–water partition coefficient (Wildman–Crippen LogP) is 6.62. The first-order valence-electron chi connectivity index (χ1n) is 9.10. The van der Waals surface area contributed by atoms with Crippen LogP contribution in [-0.2, 0) is 10.8 Å². The molecule has 0 unspecified atom stereocenters. The van der Waals surface area contributed by atoms with Crippen LogP contribution in [0.5, 0.6) is 0 Å². The Balaban J connectivity index is 1.88. The molecule has 1 aliphatic carbocycles. The van der Waals surface area contributed by atoms with Gasteiger partial charge in [0.15, 0.2) is 0 Å². The van der Waals surface area contributed by atoms with Crippen LogP contribution < -0.4 is 0 Å². The zero-order chi connectivity index (χ0) is 18.7. The van der Waals surface area contributed by atoms with E-state index in [0.29, 0.717) is 4.88 Å². The van der Waals surface area contributed by atoms with E-state index in [4.69, 9.17) is 5.11 Å². The Morgan fingerprint density at radius 3 is 2.08 bits per heavy atom. The van der Waals surface area contributed by atoms with Crippen LogP contribution in [0.15, 0.2) is 42.5 Å². The summed E-state index contributed by atoms with van der Waals surface area (Å²) in [6.07, 6.45) is 2.41. The molecule has 1 aliphatic rings. The molecule has 134 valence electrons. The summed E-state index contributed by atoms with van der Waals surface area (Å²) < 4.78 is 0. The first-order chi connectivity index (χ1) is 12.2. The van der Waals surface area contributed by atoms with Crippen LogP contribution in [-0.4, -0.2) is 11.1 Å². The number of rotatable bonds is 2. The van der Waals surface area contributed by atoms with Gasteiger partial charge in [-0.25, -0.2) is 4.79 Å². The van der Waals surface area contributed by atoms with E-state index in [-0.39, 0.29) is 10.8 Å². The molecule has 0 saturated carbocycles. The molecule has 4 rings (SSSR count). The Kier molecular flexibility index (Phi) is 3.78. The third-order valence-electron chi connectivity index (χ3n) is 5.91. The van der Waals surface area contributed by atoms with Crippen molar-refractivity contribution in [2.24, 2.45) is 0 Å². The number of carboxylic acids is 1. The van der Waals surface area contributed by atoms with E-state index in [9.17, 15) is 4.79 Å². The number of carboxylic acid groups (broad SMARTS) is 1. The second-order valence-electron chi connectivity index (χ2n) is 8.70. The Morgan fingerprint density at radius 2 is 1.50 bits per heavy atom. The molecule has 2 aromatic carbocycles. The summed E-state index contributed by atoms with van der Waals surface area (Å²) in [5.41, 5.74) is 4.41. The molecule has 1 N–H and O–H groups in total. The Hall–Kier alpha value is -2.13. The molecule has 1 heterocycles. The molecular formula is C23H24O2S. The summed E-state index contributed by atoms with van der Waals surface area (Å²) in [7, 11) is 0. The van der Waals surface area contributed by atoms with Crippen LogP contribution in [0.3, 0.4) is 0 Å². The van der Waals surface area contributed by atoms with Crippen LogP contribution in [0.2, 0.25) is 0 Å². The highest BCUT2D eigenvalue weighted by Gasteiger charge is 2.37. The predicted molar refractivity (Wildman–Crippen MR) is 110 cm³/mol. The number of hydrogen-bond acceptors (Lipinski definition) is 2. The number of aromatic carboxylic acids is 1. The van der Waals surface area contributed by atoms with Crippen molar-refractivity contribution in [3.8, 4) is 10.4 Å². The maximum atomic E-state index is 11.2. The second-order valence-corrected chi connectivity index (χ2v) is 9.78. The highest BCUT2D eigenvalue weighted by Crippen LogP contribution is 2.47. The van der Waals surface area contributed by atoms with Crippen LogP contribution in [0.25, 0.3) is 21.2 Å². The van der Waals surface area contributed by atoms with Gasteiger partial charge in [-0.2, -0.15) is 0 Å². The van der Waals surface area contributed by atoms with Gasteiger partial charge in [-0.05, 0) is 69.3 Å². The van der Waals surface area contributed by atoms with Crippen molar-refractivity contribution in [3.05, 3.63) is 58.5 Å². The molecule has 3 heteroatoms. The van der Waals surface area contributed by atoms with Crippen molar-refractivity contribution < 1.29 is 9.90 Å². The van der Waals surface area contributed by atoms with Crippen molar-refractivity contribution >= 4 is 28.1 Å². The highest BCUT2D eigenvalue weighted by atomic mass is 32.1. The van der Waals surface area contributed by atoms with Crippen LogP contribution in [0.1, 0.15) is 61.3 Å². The molecule has 1 aromatic heterocycles. The number of fused-ring (bicyclic) bond motifs is 2. The Morgan fingerprint density at radius 1 is 0.885 bits per heavy atom. The minimum atomic E-state index is -0.861. The number of hydrogen-bond donors (Lipinski definition) is 1. The van der Waals surface area contributed by atoms with Gasteiger partial charge in [0.05, 0.1) is 0 Å². The van der Waals surface area contributed by atoms with Crippen molar-refractivity contribution in [1.82, 2.24) is 0 Å². The van der Waals surface area contributed by atoms with E-state index in [1.165, 1.54) is 46.1 Å². The van der Waals surface area contributed by atoms with Gasteiger partial charge < -0.3 is 5.11 Å². The topological polar surface area (TPSA) is 37.3 Å². The highest BCUT2D eigenvalue weighted by molar-refractivity contribution is 7.17. The first kappa shape index (κ1) is 17.3. The normalized spacial score (nSPS) is 17.8. The van der Waals surface area contributed by atoms with Gasteiger partial charge in [0.1, 0.15) is 4.88 Å². The van der Waals surface area contributed by atoms with Crippen LogP contribution in [0, 0.1) is 0 Å². The quantitative estimate of drug-likeness (QED) is 0.555. The molecule has 0 amide bonds. The number of carbonyl (C=O) groups is 1. The summed E-state index contributed by atoms with van der Waals surface area (Å²) >= 11 is 1.33. The van der Waals surface area contributed by atoms with Crippen LogP contribution in [0.4, 0.5) is 0 Å². The van der Waals surface area contributed by atoms with E-state index in [2.05, 4.69) is 58.0 Å². The van der Waals surface area contributed by atoms with E-state index >= 15 is 0 Å². The molecule has 0 saturated heterocycles. The maximum absolute atomic E-state index is 11.2. The molecule has 2 nitrogen and oxygen atoms in total. The molecule has 26 heavy (non-hydrogen) atoms. The molecule has 0 fully saturated rings. The minimum absolute atomic E-state index is 0.189. The van der Waals surface area contributed by atoms with Crippen molar-refractivity contribution in [3.63, 3.8) is 0 Å². The summed E-state index contributed by atoms with van der Waals surface area (Å²) in [6.45, 7) is 9.38. The Bertz CT molecular complexity index is 1020. The zero-order valence-corrected chi connectivity index (χ0v) is 16.5. The lowest BCUT2D eigenvalue weighted by Gasteiger charge is -2.42. The lowest BCUT2D eigenvalue weighted by atomic mass is 9.63. The first-order valence-corrected chi connectivity index (χ1v) is 9.91. The molecule has 3 aromatic rings. The van der Waals surface area contributed by atoms with Gasteiger partial charge in [0.2, 0.25) is 0 Å². The SMILES string of the molecule is CC1(C)CCC(C)(C)c2cc3cc(-c4ccc(C(=O)O)s4)ccc3cc21. The minimum Gasteiger partial charge on any atom is -0.477 e. The summed E-state index contributed by atoms with van der Waals surface area (Å²) in [5, 5.41) is 11.7. The van der Waals surface area contributed by atoms with Crippen molar-refractivity contribution in [1.29, 1.82) is 0 Å². The van der Waals surface area contributed by atoms with Gasteiger partial charge >= 0.3 is 5.97 Å². The van der Waals surface area contributed by atoms with Gasteiger partial charge in [-0.15, -0.1) is 11.3 Å². The molecule has 0 atom stereocenters. The van der Waals surface area contributed by atoms with Gasteiger partial charge in [-0.3, -0.25) is 0 Å². The lowest BCUT2D eigenvalue weighted by Crippen LogP contribution is -2.33. The third-order valence-corrected chi connectivity index (χ3v) is 7.03. The van der Waals surface area contributed by atoms with E-state index in [0.717, 1.165) is 10.4 Å². The number of benzene rings is 2. The van der Waals surface area contributed by atoms with E-state index in [1.54, 1.807) is 6.07 Å². The monoisotopic (exact) mass is 364 g/mol. The van der Waals surface area contributed by atoms with E-state index < -0.39 is 5.97 Å². The second kappa shape index (κ2) is 5.68. The smallest absolute Gasteiger partial charge is 0.345 e. The largest absolute Gasteiger partial charge is 0.477 e. The third kappa shape index (κ3) is 2.75. The average molecular weight is 365 g/mol. The molecule has 0 spiro atoms. The fraction of sp³-hybridized carbons (Fsp3) is 0.348. The maximum Gasteiger partial charge on any atom is 0.345 e. The fourth-order valence-electron chi connectivity index (χ4n) is 4.07. The van der Waals surface area contributed by atoms with Crippen LogP contribution >= 0.6 is 11.3 Å². The molecule has 0 bridgehead atoms. The van der Waals surface area contributed by atoms with Crippen molar-refractivity contribution in [2.75, 3.05) is 0 Å². The standard InChI is InChI=1S/C23H24O2S/c1-22(2)9-10-23(3,4)18-13-16-11-15(6-5-14(16)12-17(18)22)19-7-8-20(26-19)21(24)25/h5-8,11-13H,9-10H2,1-4H3,(H,24,25). The van der Waals surface area contributed by atoms with Gasteiger partial charge in [0, 0.05) is 4.88 Å². The summed E-state index contributed by atoms with van der Waals surface area (Å²) in [4.78, 5) is 12.5.